The molecule has 0 aliphatic heterocycles. The Morgan fingerprint density at radius 2 is 1.64 bits per heavy atom. The van der Waals surface area contributed by atoms with Gasteiger partial charge in [0, 0.05) is 24.1 Å². The minimum atomic E-state index is -5.02. The van der Waals surface area contributed by atoms with E-state index in [2.05, 4.69) is 14.5 Å². The third-order valence-corrected chi connectivity index (χ3v) is 5.55. The summed E-state index contributed by atoms with van der Waals surface area (Å²) >= 11 is 0.610. The number of hydrogen-bond donors (Lipinski definition) is 0. The van der Waals surface area contributed by atoms with Crippen LogP contribution in [0.1, 0.15) is 16.7 Å². The van der Waals surface area contributed by atoms with Gasteiger partial charge in [0.05, 0.1) is 18.2 Å². The molecule has 36 heavy (non-hydrogen) atoms. The Morgan fingerprint density at radius 1 is 1.00 bits per heavy atom. The first kappa shape index (κ1) is 25.2. The highest BCUT2D eigenvalue weighted by atomic mass is 32.1. The van der Waals surface area contributed by atoms with Crippen LogP contribution in [0.3, 0.4) is 0 Å². The van der Waals surface area contributed by atoms with E-state index >= 15 is 0 Å². The molecule has 0 atom stereocenters. The maximum absolute atomic E-state index is 13.2. The van der Waals surface area contributed by atoms with Gasteiger partial charge in [-0.25, -0.2) is 14.0 Å². The minimum absolute atomic E-state index is 0.0192. The summed E-state index contributed by atoms with van der Waals surface area (Å²) in [6, 6.07) is 5.83. The summed E-state index contributed by atoms with van der Waals surface area (Å²) in [4.78, 5) is 16.6. The highest BCUT2D eigenvalue weighted by Crippen LogP contribution is 2.39. The Morgan fingerprint density at radius 3 is 2.22 bits per heavy atom. The Kier molecular flexibility index (Phi) is 6.28. The molecular weight excluding hydrogens is 516 g/mol. The normalized spacial score (nSPS) is 12.1. The predicted octanol–water partition coefficient (Wildman–Crippen LogP) is 5.24. The van der Waals surface area contributed by atoms with Crippen molar-refractivity contribution in [2.24, 2.45) is 7.05 Å². The lowest BCUT2D eigenvalue weighted by Gasteiger charge is -2.13. The molecule has 0 radical (unpaired) electrons. The van der Waals surface area contributed by atoms with Crippen LogP contribution in [0.4, 0.5) is 26.3 Å². The summed E-state index contributed by atoms with van der Waals surface area (Å²) in [6.45, 7) is 1.69. The van der Waals surface area contributed by atoms with E-state index in [-0.39, 0.29) is 28.7 Å². The Labute approximate surface area is 202 Å². The van der Waals surface area contributed by atoms with E-state index in [9.17, 15) is 31.1 Å². The minimum Gasteiger partial charge on any atom is -0.467 e. The van der Waals surface area contributed by atoms with E-state index in [1.807, 2.05) is 0 Å². The van der Waals surface area contributed by atoms with E-state index in [0.717, 1.165) is 9.25 Å². The van der Waals surface area contributed by atoms with Crippen molar-refractivity contribution in [3.05, 3.63) is 63.6 Å². The number of halogens is 6. The van der Waals surface area contributed by atoms with E-state index < -0.39 is 40.6 Å². The van der Waals surface area contributed by atoms with Gasteiger partial charge in [-0.2, -0.15) is 35.7 Å². The SMILES string of the molecule is COc1nn(C)c(=O)n1-c1c(C)cccc1Oc1nc(-c2cc(C(F)(F)F)cc(C(F)(F)F)c2)ns1. The molecule has 0 N–H and O–H groups in total. The standard InChI is InChI=1S/C21H15F6N5O3S/c1-10-5-4-6-14(15(10)32-17(34-3)29-31(2)19(32)33)35-18-28-16(30-36-18)11-7-12(20(22,23)24)9-13(8-11)21(25,26)27/h4-9H,1-3H3. The number of hydrogen-bond acceptors (Lipinski definition) is 7. The van der Waals surface area contributed by atoms with Crippen molar-refractivity contribution < 1.29 is 35.8 Å². The van der Waals surface area contributed by atoms with Crippen LogP contribution in [-0.4, -0.2) is 30.8 Å². The summed E-state index contributed by atoms with van der Waals surface area (Å²) in [5.74, 6) is -0.289. The summed E-state index contributed by atoms with van der Waals surface area (Å²) in [7, 11) is 2.74. The summed E-state index contributed by atoms with van der Waals surface area (Å²) in [5, 5.41) is 3.79. The quantitative estimate of drug-likeness (QED) is 0.328. The number of methoxy groups -OCH3 is 1. The molecule has 0 saturated heterocycles. The predicted molar refractivity (Wildman–Crippen MR) is 116 cm³/mol. The van der Waals surface area contributed by atoms with Gasteiger partial charge < -0.3 is 9.47 Å². The summed E-state index contributed by atoms with van der Waals surface area (Å²) in [6.07, 6.45) is -10.0. The molecule has 2 heterocycles. The number of nitrogens with zero attached hydrogens (tertiary/aromatic N) is 5. The lowest BCUT2D eigenvalue weighted by atomic mass is 10.0. The third-order valence-electron chi connectivity index (χ3n) is 4.95. The smallest absolute Gasteiger partial charge is 0.416 e. The van der Waals surface area contributed by atoms with Crippen molar-refractivity contribution >= 4 is 11.5 Å². The molecule has 0 spiro atoms. The van der Waals surface area contributed by atoms with Crippen LogP contribution in [0.25, 0.3) is 17.1 Å². The molecule has 0 bridgehead atoms. The molecule has 4 aromatic rings. The van der Waals surface area contributed by atoms with Crippen molar-refractivity contribution in [2.45, 2.75) is 19.3 Å². The van der Waals surface area contributed by atoms with Crippen LogP contribution < -0.4 is 15.2 Å². The fraction of sp³-hybridized carbons (Fsp3) is 0.238. The fourth-order valence-corrected chi connectivity index (χ4v) is 3.88. The molecule has 2 aromatic heterocycles. The molecule has 0 amide bonds. The molecule has 0 fully saturated rings. The van der Waals surface area contributed by atoms with Crippen molar-refractivity contribution in [3.8, 4) is 34.0 Å². The van der Waals surface area contributed by atoms with Gasteiger partial charge in [0.1, 0.15) is 5.69 Å². The maximum atomic E-state index is 13.2. The zero-order chi connectivity index (χ0) is 26.4. The second kappa shape index (κ2) is 8.96. The molecule has 15 heteroatoms. The number of alkyl halides is 6. The Bertz CT molecular complexity index is 1460. The van der Waals surface area contributed by atoms with Crippen LogP contribution in [-0.2, 0) is 19.4 Å². The van der Waals surface area contributed by atoms with Crippen molar-refractivity contribution in [1.82, 2.24) is 23.7 Å². The van der Waals surface area contributed by atoms with Crippen molar-refractivity contribution in [1.29, 1.82) is 0 Å². The number of aryl methyl sites for hydroxylation is 2. The van der Waals surface area contributed by atoms with Crippen LogP contribution in [0.2, 0.25) is 0 Å². The Hall–Kier alpha value is -3.88. The first-order valence-corrected chi connectivity index (χ1v) is 10.7. The lowest BCUT2D eigenvalue weighted by Crippen LogP contribution is -2.22. The molecule has 8 nitrogen and oxygen atoms in total. The molecule has 0 aliphatic rings. The monoisotopic (exact) mass is 531 g/mol. The van der Waals surface area contributed by atoms with Gasteiger partial charge >= 0.3 is 24.1 Å². The first-order valence-electron chi connectivity index (χ1n) is 9.91. The molecule has 190 valence electrons. The van der Waals surface area contributed by atoms with Gasteiger partial charge in [0.15, 0.2) is 11.6 Å². The highest BCUT2D eigenvalue weighted by Gasteiger charge is 2.37. The highest BCUT2D eigenvalue weighted by molar-refractivity contribution is 7.07. The van der Waals surface area contributed by atoms with E-state index in [4.69, 9.17) is 9.47 Å². The van der Waals surface area contributed by atoms with E-state index in [1.165, 1.54) is 20.2 Å². The number of rotatable bonds is 5. The number of ether oxygens (including phenoxy) is 2. The zero-order valence-corrected chi connectivity index (χ0v) is 19.4. The molecule has 0 unspecified atom stereocenters. The average Bonchev–Trinajstić information content (AvgIpc) is 3.37. The zero-order valence-electron chi connectivity index (χ0n) is 18.6. The van der Waals surface area contributed by atoms with Gasteiger partial charge in [-0.1, -0.05) is 12.1 Å². The third kappa shape index (κ3) is 4.78. The second-order valence-corrected chi connectivity index (χ2v) is 8.14. The molecule has 2 aromatic carbocycles. The van der Waals surface area contributed by atoms with Crippen molar-refractivity contribution in [3.63, 3.8) is 0 Å². The van der Waals surface area contributed by atoms with Gasteiger partial charge in [0.25, 0.3) is 5.19 Å². The summed E-state index contributed by atoms with van der Waals surface area (Å²) < 4.78 is 96.2. The average molecular weight is 531 g/mol. The molecular formula is C21H15F6N5O3S. The number of benzene rings is 2. The largest absolute Gasteiger partial charge is 0.467 e. The maximum Gasteiger partial charge on any atom is 0.416 e. The van der Waals surface area contributed by atoms with Crippen LogP contribution in [0, 0.1) is 6.92 Å². The lowest BCUT2D eigenvalue weighted by molar-refractivity contribution is -0.143. The van der Waals surface area contributed by atoms with Gasteiger partial charge in [-0.05, 0) is 36.8 Å². The van der Waals surface area contributed by atoms with E-state index in [1.54, 1.807) is 19.1 Å². The van der Waals surface area contributed by atoms with E-state index in [0.29, 0.717) is 29.2 Å². The van der Waals surface area contributed by atoms with Gasteiger partial charge in [-0.3, -0.25) is 0 Å². The van der Waals surface area contributed by atoms with Gasteiger partial charge in [-0.15, -0.1) is 5.10 Å². The summed E-state index contributed by atoms with van der Waals surface area (Å²) in [5.41, 5.74) is -3.19. The first-order chi connectivity index (χ1) is 16.8. The molecule has 0 saturated carbocycles. The fourth-order valence-electron chi connectivity index (χ4n) is 3.31. The molecule has 0 aliphatic carbocycles. The number of para-hydroxylation sites is 1. The van der Waals surface area contributed by atoms with Crippen LogP contribution in [0.5, 0.6) is 17.0 Å². The van der Waals surface area contributed by atoms with Gasteiger partial charge in [0.2, 0.25) is 0 Å². The number of aromatic nitrogens is 5. The van der Waals surface area contributed by atoms with Crippen LogP contribution in [0.15, 0.2) is 41.2 Å². The molecule has 4 rings (SSSR count). The van der Waals surface area contributed by atoms with Crippen molar-refractivity contribution in [2.75, 3.05) is 7.11 Å². The second-order valence-electron chi connectivity index (χ2n) is 7.43. The Balaban J connectivity index is 1.76. The van der Waals surface area contributed by atoms with Crippen LogP contribution >= 0.6 is 11.5 Å². The topological polar surface area (TPSA) is 84.1 Å².